The number of nitrogens with zero attached hydrogens (tertiary/aromatic N) is 1. The minimum atomic E-state index is 0.0585. The molecule has 21 heavy (non-hydrogen) atoms. The first-order valence-corrected chi connectivity index (χ1v) is 7.69. The van der Waals surface area contributed by atoms with Crippen LogP contribution in [0.2, 0.25) is 0 Å². The smallest absolute Gasteiger partial charge is 0.0694 e. The van der Waals surface area contributed by atoms with Crippen LogP contribution >= 0.6 is 0 Å². The Balaban J connectivity index is 2.04. The Kier molecular flexibility index (Phi) is 5.62. The van der Waals surface area contributed by atoms with Crippen molar-refractivity contribution in [3.8, 4) is 0 Å². The Morgan fingerprint density at radius 3 is 2.86 bits per heavy atom. The molecule has 118 valence electrons. The van der Waals surface area contributed by atoms with Crippen molar-refractivity contribution >= 4 is 5.69 Å². The summed E-state index contributed by atoms with van der Waals surface area (Å²) in [5, 5.41) is 3.40. The normalized spacial score (nSPS) is 18.0. The summed E-state index contributed by atoms with van der Waals surface area (Å²) in [6.07, 6.45) is 0. The second kappa shape index (κ2) is 7.25. The van der Waals surface area contributed by atoms with Gasteiger partial charge >= 0.3 is 0 Å². The van der Waals surface area contributed by atoms with Crippen molar-refractivity contribution in [3.63, 3.8) is 0 Å². The third-order valence-corrected chi connectivity index (χ3v) is 4.08. The zero-order valence-corrected chi connectivity index (χ0v) is 13.7. The highest BCUT2D eigenvalue weighted by atomic mass is 16.5. The van der Waals surface area contributed by atoms with Crippen LogP contribution in [0.4, 0.5) is 5.69 Å². The lowest BCUT2D eigenvalue weighted by Crippen LogP contribution is -2.53. The number of ether oxygens (including phenoxy) is 2. The highest BCUT2D eigenvalue weighted by Crippen LogP contribution is 2.28. The van der Waals surface area contributed by atoms with E-state index in [1.807, 2.05) is 0 Å². The van der Waals surface area contributed by atoms with Gasteiger partial charge < -0.3 is 19.7 Å². The first-order valence-electron chi connectivity index (χ1n) is 7.69. The summed E-state index contributed by atoms with van der Waals surface area (Å²) in [4.78, 5) is 2.45. The quantitative estimate of drug-likeness (QED) is 0.816. The molecule has 4 nitrogen and oxygen atoms in total. The van der Waals surface area contributed by atoms with Gasteiger partial charge in [0.2, 0.25) is 0 Å². The average Bonchev–Trinajstić information content (AvgIpc) is 2.44. The Labute approximate surface area is 128 Å². The average molecular weight is 292 g/mol. The lowest BCUT2D eigenvalue weighted by Gasteiger charge is -2.44. The summed E-state index contributed by atoms with van der Waals surface area (Å²) in [6, 6.07) is 6.75. The third kappa shape index (κ3) is 4.19. The van der Waals surface area contributed by atoms with E-state index >= 15 is 0 Å². The topological polar surface area (TPSA) is 33.7 Å². The van der Waals surface area contributed by atoms with Crippen LogP contribution in [0, 0.1) is 6.92 Å². The fourth-order valence-corrected chi connectivity index (χ4v) is 2.78. The van der Waals surface area contributed by atoms with Gasteiger partial charge in [-0.05, 0) is 44.0 Å². The molecule has 0 bridgehead atoms. The number of morpholine rings is 1. The predicted molar refractivity (Wildman–Crippen MR) is 87.0 cm³/mol. The number of hydrogen-bond donors (Lipinski definition) is 1. The van der Waals surface area contributed by atoms with Crippen LogP contribution in [0.3, 0.4) is 0 Å². The van der Waals surface area contributed by atoms with Crippen molar-refractivity contribution in [1.82, 2.24) is 5.32 Å². The zero-order valence-electron chi connectivity index (χ0n) is 13.7. The number of methoxy groups -OCH3 is 1. The van der Waals surface area contributed by atoms with Gasteiger partial charge in [0.15, 0.2) is 0 Å². The molecule has 0 aromatic heterocycles. The van der Waals surface area contributed by atoms with E-state index in [-0.39, 0.29) is 5.54 Å². The van der Waals surface area contributed by atoms with Crippen molar-refractivity contribution in [1.29, 1.82) is 0 Å². The van der Waals surface area contributed by atoms with E-state index in [0.717, 1.165) is 39.5 Å². The maximum absolute atomic E-state index is 5.60. The van der Waals surface area contributed by atoms with E-state index in [1.165, 1.54) is 16.8 Å². The Bertz CT molecular complexity index is 460. The van der Waals surface area contributed by atoms with Gasteiger partial charge in [-0.15, -0.1) is 0 Å². The lowest BCUT2D eigenvalue weighted by molar-refractivity contribution is 0.0644. The molecular weight excluding hydrogens is 264 g/mol. The first-order chi connectivity index (χ1) is 10.0. The third-order valence-electron chi connectivity index (χ3n) is 4.08. The fraction of sp³-hybridized carbons (Fsp3) is 0.647. The van der Waals surface area contributed by atoms with Gasteiger partial charge in [0.25, 0.3) is 0 Å². The van der Waals surface area contributed by atoms with E-state index in [1.54, 1.807) is 7.11 Å². The SMILES string of the molecule is COCCNCc1ccc(N2CCOCC2(C)C)cc1C. The van der Waals surface area contributed by atoms with Gasteiger partial charge in [0.05, 0.1) is 25.4 Å². The van der Waals surface area contributed by atoms with Gasteiger partial charge in [0.1, 0.15) is 0 Å². The van der Waals surface area contributed by atoms with Crippen molar-refractivity contribution in [2.75, 3.05) is 44.9 Å². The van der Waals surface area contributed by atoms with E-state index < -0.39 is 0 Å². The molecule has 0 spiro atoms. The molecule has 1 aromatic rings. The fourth-order valence-electron chi connectivity index (χ4n) is 2.78. The van der Waals surface area contributed by atoms with Crippen molar-refractivity contribution < 1.29 is 9.47 Å². The van der Waals surface area contributed by atoms with E-state index in [9.17, 15) is 0 Å². The minimum absolute atomic E-state index is 0.0585. The number of rotatable bonds is 6. The molecular formula is C17H28N2O2. The summed E-state index contributed by atoms with van der Waals surface area (Å²) >= 11 is 0. The van der Waals surface area contributed by atoms with E-state index in [0.29, 0.717) is 0 Å². The zero-order chi connectivity index (χ0) is 15.3. The largest absolute Gasteiger partial charge is 0.383 e. The van der Waals surface area contributed by atoms with E-state index in [2.05, 4.69) is 49.2 Å². The molecule has 1 aliphatic heterocycles. The molecule has 1 saturated heterocycles. The molecule has 4 heteroatoms. The maximum atomic E-state index is 5.60. The van der Waals surface area contributed by atoms with Gasteiger partial charge in [-0.3, -0.25) is 0 Å². The van der Waals surface area contributed by atoms with Gasteiger partial charge in [-0.1, -0.05) is 6.07 Å². The summed E-state index contributed by atoms with van der Waals surface area (Å²) < 4.78 is 10.7. The maximum Gasteiger partial charge on any atom is 0.0694 e. The van der Waals surface area contributed by atoms with Crippen LogP contribution in [0.5, 0.6) is 0 Å². The number of nitrogens with one attached hydrogen (secondary N) is 1. The van der Waals surface area contributed by atoms with Crippen molar-refractivity contribution in [2.45, 2.75) is 32.9 Å². The van der Waals surface area contributed by atoms with Crippen LogP contribution in [0.25, 0.3) is 0 Å². The molecule has 0 aliphatic carbocycles. The first kappa shape index (κ1) is 16.3. The molecule has 1 aromatic carbocycles. The monoisotopic (exact) mass is 292 g/mol. The van der Waals surface area contributed by atoms with Crippen molar-refractivity contribution in [2.24, 2.45) is 0 Å². The molecule has 0 radical (unpaired) electrons. The van der Waals surface area contributed by atoms with Gasteiger partial charge in [-0.25, -0.2) is 0 Å². The predicted octanol–water partition coefficient (Wildman–Crippen LogP) is 2.35. The Morgan fingerprint density at radius 1 is 1.38 bits per heavy atom. The Hall–Kier alpha value is -1.10. The summed E-state index contributed by atoms with van der Waals surface area (Å²) in [6.45, 7) is 11.7. The number of aryl methyl sites for hydroxylation is 1. The lowest BCUT2D eigenvalue weighted by atomic mass is 9.99. The highest BCUT2D eigenvalue weighted by molar-refractivity contribution is 5.53. The van der Waals surface area contributed by atoms with Crippen LogP contribution in [0.15, 0.2) is 18.2 Å². The summed E-state index contributed by atoms with van der Waals surface area (Å²) in [5.74, 6) is 0. The molecule has 0 atom stereocenters. The number of anilines is 1. The standard InChI is InChI=1S/C17H28N2O2/c1-14-11-16(19-8-10-21-13-17(19,2)3)6-5-15(14)12-18-7-9-20-4/h5-6,11,18H,7-10,12-13H2,1-4H3. The molecule has 0 unspecified atom stereocenters. The molecule has 0 saturated carbocycles. The number of benzene rings is 1. The van der Waals surface area contributed by atoms with Crippen molar-refractivity contribution in [3.05, 3.63) is 29.3 Å². The van der Waals surface area contributed by atoms with Gasteiger partial charge in [-0.2, -0.15) is 0 Å². The van der Waals surface area contributed by atoms with Crippen LogP contribution in [0.1, 0.15) is 25.0 Å². The van der Waals surface area contributed by atoms with Gasteiger partial charge in [0, 0.05) is 32.4 Å². The molecule has 1 aliphatic rings. The molecule has 1 N–H and O–H groups in total. The van der Waals surface area contributed by atoms with E-state index in [4.69, 9.17) is 9.47 Å². The second-order valence-corrected chi connectivity index (χ2v) is 6.30. The molecule has 1 heterocycles. The minimum Gasteiger partial charge on any atom is -0.383 e. The highest BCUT2D eigenvalue weighted by Gasteiger charge is 2.30. The summed E-state index contributed by atoms with van der Waals surface area (Å²) in [7, 11) is 1.73. The van der Waals surface area contributed by atoms with Crippen LogP contribution in [-0.2, 0) is 16.0 Å². The molecule has 0 amide bonds. The summed E-state index contributed by atoms with van der Waals surface area (Å²) in [5.41, 5.74) is 4.03. The Morgan fingerprint density at radius 2 is 2.19 bits per heavy atom. The van der Waals surface area contributed by atoms with Crippen LogP contribution < -0.4 is 10.2 Å². The second-order valence-electron chi connectivity index (χ2n) is 6.30. The molecule has 1 fully saturated rings. The van der Waals surface area contributed by atoms with Crippen LogP contribution in [-0.4, -0.2) is 45.6 Å². The number of hydrogen-bond acceptors (Lipinski definition) is 4. The molecule has 2 rings (SSSR count).